The van der Waals surface area contributed by atoms with E-state index in [1.54, 1.807) is 0 Å². The lowest BCUT2D eigenvalue weighted by molar-refractivity contribution is -0.152. The maximum Gasteiger partial charge on any atom is 0.347 e. The molecular formula is C13H17FO4. The van der Waals surface area contributed by atoms with Crippen molar-refractivity contribution < 1.29 is 24.1 Å². The van der Waals surface area contributed by atoms with Gasteiger partial charge in [0.25, 0.3) is 0 Å². The topological polar surface area (TPSA) is 66.8 Å². The molecule has 18 heavy (non-hydrogen) atoms. The van der Waals surface area contributed by atoms with Crippen LogP contribution in [0.5, 0.6) is 5.75 Å². The number of aryl methyl sites for hydroxylation is 1. The number of rotatable bonds is 6. The van der Waals surface area contributed by atoms with Crippen molar-refractivity contribution in [2.24, 2.45) is 0 Å². The third kappa shape index (κ3) is 3.70. The predicted molar refractivity (Wildman–Crippen MR) is 64.1 cm³/mol. The minimum atomic E-state index is -1.37. The lowest BCUT2D eigenvalue weighted by Gasteiger charge is -2.22. The van der Waals surface area contributed by atoms with E-state index in [0.717, 1.165) is 0 Å². The number of carbonyl (C=O) groups is 1. The minimum absolute atomic E-state index is 0.0227. The van der Waals surface area contributed by atoms with Gasteiger partial charge < -0.3 is 14.9 Å². The first-order valence-corrected chi connectivity index (χ1v) is 5.68. The first-order valence-electron chi connectivity index (χ1n) is 5.68. The van der Waals surface area contributed by atoms with Crippen molar-refractivity contribution in [3.63, 3.8) is 0 Å². The number of aliphatic carboxylic acids is 1. The van der Waals surface area contributed by atoms with E-state index >= 15 is 0 Å². The third-order valence-electron chi connectivity index (χ3n) is 2.51. The van der Waals surface area contributed by atoms with Crippen LogP contribution in [0.25, 0.3) is 0 Å². The van der Waals surface area contributed by atoms with Crippen molar-refractivity contribution in [3.05, 3.63) is 29.6 Å². The molecule has 0 spiro atoms. The number of aliphatic hydroxyl groups is 1. The highest BCUT2D eigenvalue weighted by Gasteiger charge is 2.29. The molecule has 1 aromatic carbocycles. The molecule has 1 rings (SSSR count). The van der Waals surface area contributed by atoms with E-state index in [-0.39, 0.29) is 12.4 Å². The van der Waals surface area contributed by atoms with Gasteiger partial charge in [0.05, 0.1) is 0 Å². The van der Waals surface area contributed by atoms with E-state index in [0.29, 0.717) is 24.2 Å². The summed E-state index contributed by atoms with van der Waals surface area (Å²) >= 11 is 0. The summed E-state index contributed by atoms with van der Waals surface area (Å²) in [6.07, 6.45) is 0.829. The molecule has 0 atom stereocenters. The number of hydrogen-bond donors (Lipinski definition) is 2. The van der Waals surface area contributed by atoms with E-state index in [4.69, 9.17) is 14.9 Å². The molecule has 0 bridgehead atoms. The molecule has 4 nitrogen and oxygen atoms in total. The lowest BCUT2D eigenvalue weighted by Crippen LogP contribution is -2.37. The summed E-state index contributed by atoms with van der Waals surface area (Å²) in [6, 6.07) is 4.10. The van der Waals surface area contributed by atoms with E-state index < -0.39 is 11.6 Å². The second-order valence-electron chi connectivity index (χ2n) is 4.50. The number of carboxylic acid groups (broad SMARTS) is 1. The molecule has 5 heteroatoms. The average molecular weight is 256 g/mol. The number of hydrogen-bond acceptors (Lipinski definition) is 3. The maximum absolute atomic E-state index is 13.4. The molecular weight excluding hydrogens is 239 g/mol. The summed E-state index contributed by atoms with van der Waals surface area (Å²) in [5.41, 5.74) is -0.964. The van der Waals surface area contributed by atoms with Crippen LogP contribution in [0.4, 0.5) is 4.39 Å². The minimum Gasteiger partial charge on any atom is -0.478 e. The van der Waals surface area contributed by atoms with Gasteiger partial charge in [-0.1, -0.05) is 0 Å². The van der Waals surface area contributed by atoms with Gasteiger partial charge in [0.15, 0.2) is 5.60 Å². The molecule has 0 heterocycles. The van der Waals surface area contributed by atoms with Crippen LogP contribution in [0.3, 0.4) is 0 Å². The van der Waals surface area contributed by atoms with Crippen LogP contribution in [0.2, 0.25) is 0 Å². The van der Waals surface area contributed by atoms with Crippen molar-refractivity contribution in [2.45, 2.75) is 32.3 Å². The molecule has 0 saturated heterocycles. The molecule has 0 aromatic heterocycles. The predicted octanol–water partition coefficient (Wildman–Crippen LogP) is 1.99. The van der Waals surface area contributed by atoms with Gasteiger partial charge in [-0.25, -0.2) is 9.18 Å². The van der Waals surface area contributed by atoms with Crippen LogP contribution in [0.1, 0.15) is 25.8 Å². The molecule has 1 aromatic rings. The molecule has 0 aliphatic rings. The van der Waals surface area contributed by atoms with Gasteiger partial charge in [0.2, 0.25) is 0 Å². The van der Waals surface area contributed by atoms with Gasteiger partial charge >= 0.3 is 5.97 Å². The average Bonchev–Trinajstić information content (AvgIpc) is 2.29. The van der Waals surface area contributed by atoms with E-state index in [2.05, 4.69) is 0 Å². The zero-order valence-electron chi connectivity index (χ0n) is 10.4. The van der Waals surface area contributed by atoms with Gasteiger partial charge in [-0.05, 0) is 50.5 Å². The van der Waals surface area contributed by atoms with E-state index in [1.807, 2.05) is 0 Å². The number of ether oxygens (including phenoxy) is 1. The Labute approximate surface area is 105 Å². The Morgan fingerprint density at radius 2 is 2.11 bits per heavy atom. The molecule has 100 valence electrons. The fraction of sp³-hybridized carbons (Fsp3) is 0.462. The Kier molecular flexibility index (Phi) is 4.67. The number of carboxylic acids is 1. The molecule has 0 amide bonds. The third-order valence-corrected chi connectivity index (χ3v) is 2.51. The van der Waals surface area contributed by atoms with Crippen molar-refractivity contribution in [3.8, 4) is 5.75 Å². The van der Waals surface area contributed by atoms with Crippen LogP contribution >= 0.6 is 0 Å². The summed E-state index contributed by atoms with van der Waals surface area (Å²) < 4.78 is 18.7. The maximum atomic E-state index is 13.4. The van der Waals surface area contributed by atoms with Crippen LogP contribution in [-0.2, 0) is 11.2 Å². The van der Waals surface area contributed by atoms with Gasteiger partial charge in [0, 0.05) is 6.61 Å². The van der Waals surface area contributed by atoms with Gasteiger partial charge in [-0.15, -0.1) is 0 Å². The summed E-state index contributed by atoms with van der Waals surface area (Å²) in [6.45, 7) is 2.82. The highest BCUT2D eigenvalue weighted by atomic mass is 19.1. The van der Waals surface area contributed by atoms with Crippen LogP contribution in [0, 0.1) is 5.82 Å². The fourth-order valence-corrected chi connectivity index (χ4v) is 1.41. The number of halogens is 1. The van der Waals surface area contributed by atoms with Gasteiger partial charge in [-0.2, -0.15) is 0 Å². The lowest BCUT2D eigenvalue weighted by atomic mass is 10.1. The van der Waals surface area contributed by atoms with Gasteiger partial charge in [0.1, 0.15) is 11.6 Å². The quantitative estimate of drug-likeness (QED) is 0.816. The van der Waals surface area contributed by atoms with Crippen molar-refractivity contribution in [2.75, 3.05) is 6.61 Å². The zero-order valence-corrected chi connectivity index (χ0v) is 10.4. The Hall–Kier alpha value is -1.62. The van der Waals surface area contributed by atoms with Crippen molar-refractivity contribution in [1.82, 2.24) is 0 Å². The Morgan fingerprint density at radius 1 is 1.44 bits per heavy atom. The van der Waals surface area contributed by atoms with E-state index in [9.17, 15) is 9.18 Å². The SMILES string of the molecule is CC(C)(Oc1ccc(F)c(CCCO)c1)C(=O)O. The monoisotopic (exact) mass is 256 g/mol. The largest absolute Gasteiger partial charge is 0.478 e. The molecule has 0 fully saturated rings. The second kappa shape index (κ2) is 5.82. The normalized spacial score (nSPS) is 11.3. The van der Waals surface area contributed by atoms with Crippen molar-refractivity contribution >= 4 is 5.97 Å². The standard InChI is InChI=1S/C13H17FO4/c1-13(2,12(16)17)18-10-5-6-11(14)9(8-10)4-3-7-15/h5-6,8,15H,3-4,7H2,1-2H3,(H,16,17). The molecule has 0 unspecified atom stereocenters. The summed E-state index contributed by atoms with van der Waals surface area (Å²) in [4.78, 5) is 10.9. The summed E-state index contributed by atoms with van der Waals surface area (Å²) in [5.74, 6) is -1.18. The number of benzene rings is 1. The highest BCUT2D eigenvalue weighted by molar-refractivity contribution is 5.76. The van der Waals surface area contributed by atoms with Crippen LogP contribution in [0.15, 0.2) is 18.2 Å². The molecule has 2 N–H and O–H groups in total. The Morgan fingerprint density at radius 3 is 2.67 bits per heavy atom. The van der Waals surface area contributed by atoms with Crippen molar-refractivity contribution in [1.29, 1.82) is 0 Å². The zero-order chi connectivity index (χ0) is 13.8. The van der Waals surface area contributed by atoms with E-state index in [1.165, 1.54) is 32.0 Å². The summed E-state index contributed by atoms with van der Waals surface area (Å²) in [7, 11) is 0. The molecule has 0 radical (unpaired) electrons. The Bertz CT molecular complexity index is 429. The Balaban J connectivity index is 2.88. The smallest absolute Gasteiger partial charge is 0.347 e. The van der Waals surface area contributed by atoms with Crippen LogP contribution < -0.4 is 4.74 Å². The van der Waals surface area contributed by atoms with Crippen LogP contribution in [-0.4, -0.2) is 28.4 Å². The first-order chi connectivity index (χ1) is 8.36. The highest BCUT2D eigenvalue weighted by Crippen LogP contribution is 2.22. The number of aliphatic hydroxyl groups excluding tert-OH is 1. The van der Waals surface area contributed by atoms with Gasteiger partial charge in [-0.3, -0.25) is 0 Å². The second-order valence-corrected chi connectivity index (χ2v) is 4.50. The summed E-state index contributed by atoms with van der Waals surface area (Å²) in [5, 5.41) is 17.7. The fourth-order valence-electron chi connectivity index (χ4n) is 1.41. The first kappa shape index (κ1) is 14.4. The molecule has 0 aliphatic heterocycles. The molecule has 0 saturated carbocycles. The molecule has 0 aliphatic carbocycles.